The number of rotatable bonds is 1. The third-order valence-corrected chi connectivity index (χ3v) is 2.59. The second-order valence-corrected chi connectivity index (χ2v) is 3.75. The highest BCUT2D eigenvalue weighted by Gasteiger charge is 2.44. The first kappa shape index (κ1) is 10.4. The Morgan fingerprint density at radius 1 is 1.62 bits per heavy atom. The number of amides is 1. The Balaban J connectivity index is 2.78. The number of halogens is 2. The van der Waals surface area contributed by atoms with Gasteiger partial charge in [-0.25, -0.2) is 0 Å². The predicted molar refractivity (Wildman–Crippen MR) is 42.4 cm³/mol. The SMILES string of the molecule is CC1(C)C(O)CCN1C(=O)C(F)F. The van der Waals surface area contributed by atoms with Gasteiger partial charge < -0.3 is 10.0 Å². The van der Waals surface area contributed by atoms with E-state index in [0.29, 0.717) is 6.42 Å². The minimum atomic E-state index is -2.98. The lowest BCUT2D eigenvalue weighted by Gasteiger charge is -2.33. The molecule has 0 spiro atoms. The highest BCUT2D eigenvalue weighted by Crippen LogP contribution is 2.29. The number of likely N-dealkylation sites (tertiary alicyclic amines) is 1. The molecule has 0 aromatic heterocycles. The summed E-state index contributed by atoms with van der Waals surface area (Å²) in [5, 5.41) is 9.42. The molecule has 0 aromatic rings. The molecule has 5 heteroatoms. The smallest absolute Gasteiger partial charge is 0.315 e. The third-order valence-electron chi connectivity index (χ3n) is 2.59. The van der Waals surface area contributed by atoms with Gasteiger partial charge in [-0.15, -0.1) is 0 Å². The van der Waals surface area contributed by atoms with Crippen molar-refractivity contribution >= 4 is 5.91 Å². The number of hydrogen-bond donors (Lipinski definition) is 1. The monoisotopic (exact) mass is 193 g/mol. The zero-order valence-corrected chi connectivity index (χ0v) is 7.63. The molecule has 1 heterocycles. The van der Waals surface area contributed by atoms with Crippen LogP contribution in [0.5, 0.6) is 0 Å². The summed E-state index contributed by atoms with van der Waals surface area (Å²) in [4.78, 5) is 12.0. The standard InChI is InChI=1S/C8H13F2NO2/c1-8(2)5(12)3-4-11(8)7(13)6(9)10/h5-6,12H,3-4H2,1-2H3. The summed E-state index contributed by atoms with van der Waals surface area (Å²) < 4.78 is 24.2. The van der Waals surface area contributed by atoms with Crippen molar-refractivity contribution in [2.24, 2.45) is 0 Å². The van der Waals surface area contributed by atoms with Gasteiger partial charge >= 0.3 is 6.43 Å². The molecule has 0 saturated carbocycles. The molecule has 1 fully saturated rings. The van der Waals surface area contributed by atoms with Gasteiger partial charge in [0.1, 0.15) is 0 Å². The van der Waals surface area contributed by atoms with Gasteiger partial charge in [-0.1, -0.05) is 0 Å². The second-order valence-electron chi connectivity index (χ2n) is 3.75. The van der Waals surface area contributed by atoms with E-state index >= 15 is 0 Å². The number of alkyl halides is 2. The summed E-state index contributed by atoms with van der Waals surface area (Å²) in [7, 11) is 0. The van der Waals surface area contributed by atoms with Crippen molar-refractivity contribution in [2.75, 3.05) is 6.54 Å². The van der Waals surface area contributed by atoms with Gasteiger partial charge in [0.05, 0.1) is 11.6 Å². The first-order valence-electron chi connectivity index (χ1n) is 4.15. The van der Waals surface area contributed by atoms with Crippen LogP contribution in [0.2, 0.25) is 0 Å². The van der Waals surface area contributed by atoms with Gasteiger partial charge in [0.2, 0.25) is 0 Å². The van der Waals surface area contributed by atoms with Crippen LogP contribution in [0.3, 0.4) is 0 Å². The molecule has 13 heavy (non-hydrogen) atoms. The van der Waals surface area contributed by atoms with Crippen LogP contribution in [0.25, 0.3) is 0 Å². The Labute approximate surface area is 75.3 Å². The molecule has 1 rings (SSSR count). The summed E-state index contributed by atoms with van der Waals surface area (Å²) >= 11 is 0. The minimum Gasteiger partial charge on any atom is -0.391 e. The molecule has 0 aromatic carbocycles. The molecule has 1 aliphatic heterocycles. The zero-order chi connectivity index (χ0) is 10.2. The molecule has 1 N–H and O–H groups in total. The van der Waals surface area contributed by atoms with E-state index in [1.54, 1.807) is 13.8 Å². The van der Waals surface area contributed by atoms with E-state index in [1.165, 1.54) is 0 Å². The molecule has 1 saturated heterocycles. The lowest BCUT2D eigenvalue weighted by Crippen LogP contribution is -2.50. The maximum absolute atomic E-state index is 12.1. The fourth-order valence-electron chi connectivity index (χ4n) is 1.58. The van der Waals surface area contributed by atoms with Crippen molar-refractivity contribution in [3.63, 3.8) is 0 Å². The molecule has 1 unspecified atom stereocenters. The zero-order valence-electron chi connectivity index (χ0n) is 7.63. The van der Waals surface area contributed by atoms with Crippen molar-refractivity contribution in [1.82, 2.24) is 4.90 Å². The Morgan fingerprint density at radius 3 is 2.46 bits per heavy atom. The highest BCUT2D eigenvalue weighted by atomic mass is 19.3. The van der Waals surface area contributed by atoms with E-state index in [1.807, 2.05) is 0 Å². The van der Waals surface area contributed by atoms with Gasteiger partial charge in [-0.3, -0.25) is 4.79 Å². The van der Waals surface area contributed by atoms with Crippen LogP contribution < -0.4 is 0 Å². The second kappa shape index (κ2) is 3.21. The number of carbonyl (C=O) groups excluding carboxylic acids is 1. The fourth-order valence-corrected chi connectivity index (χ4v) is 1.58. The van der Waals surface area contributed by atoms with E-state index in [0.717, 1.165) is 4.90 Å². The average Bonchev–Trinajstić information content (AvgIpc) is 2.26. The summed E-state index contributed by atoms with van der Waals surface area (Å²) in [6, 6.07) is 0. The summed E-state index contributed by atoms with van der Waals surface area (Å²) in [6.07, 6.45) is -3.33. The first-order chi connectivity index (χ1) is 5.87. The van der Waals surface area contributed by atoms with Crippen LogP contribution >= 0.6 is 0 Å². The Morgan fingerprint density at radius 2 is 2.15 bits per heavy atom. The highest BCUT2D eigenvalue weighted by molar-refractivity contribution is 5.80. The van der Waals surface area contributed by atoms with E-state index in [4.69, 9.17) is 0 Å². The van der Waals surface area contributed by atoms with Crippen LogP contribution in [-0.4, -0.2) is 40.5 Å². The lowest BCUT2D eigenvalue weighted by atomic mass is 9.99. The van der Waals surface area contributed by atoms with Gasteiger partial charge in [-0.2, -0.15) is 8.78 Å². The normalized spacial score (nSPS) is 26.9. The van der Waals surface area contributed by atoms with Crippen molar-refractivity contribution in [2.45, 2.75) is 38.3 Å². The van der Waals surface area contributed by atoms with Crippen LogP contribution in [0.1, 0.15) is 20.3 Å². The van der Waals surface area contributed by atoms with Crippen molar-refractivity contribution in [1.29, 1.82) is 0 Å². The van der Waals surface area contributed by atoms with Crippen LogP contribution in [-0.2, 0) is 4.79 Å². The van der Waals surface area contributed by atoms with E-state index in [9.17, 15) is 18.7 Å². The number of hydrogen-bond acceptors (Lipinski definition) is 2. The predicted octanol–water partition coefficient (Wildman–Crippen LogP) is 0.623. The van der Waals surface area contributed by atoms with E-state index < -0.39 is 24.0 Å². The summed E-state index contributed by atoms with van der Waals surface area (Å²) in [6.45, 7) is 3.38. The van der Waals surface area contributed by atoms with Gasteiger partial charge in [0.15, 0.2) is 0 Å². The Hall–Kier alpha value is -0.710. The van der Waals surface area contributed by atoms with Crippen LogP contribution in [0.4, 0.5) is 8.78 Å². The van der Waals surface area contributed by atoms with Crippen molar-refractivity contribution in [3.8, 4) is 0 Å². The van der Waals surface area contributed by atoms with E-state index in [-0.39, 0.29) is 6.54 Å². The number of carbonyl (C=O) groups is 1. The molecule has 3 nitrogen and oxygen atoms in total. The molecule has 0 radical (unpaired) electrons. The third kappa shape index (κ3) is 1.65. The molecule has 0 aliphatic carbocycles. The van der Waals surface area contributed by atoms with Crippen LogP contribution in [0, 0.1) is 0 Å². The van der Waals surface area contributed by atoms with Crippen molar-refractivity contribution < 1.29 is 18.7 Å². The fraction of sp³-hybridized carbons (Fsp3) is 0.875. The van der Waals surface area contributed by atoms with Gasteiger partial charge in [0.25, 0.3) is 5.91 Å². The molecule has 1 aliphatic rings. The molecule has 1 amide bonds. The topological polar surface area (TPSA) is 40.5 Å². The first-order valence-corrected chi connectivity index (χ1v) is 4.15. The van der Waals surface area contributed by atoms with Gasteiger partial charge in [0, 0.05) is 6.54 Å². The molecular formula is C8H13F2NO2. The van der Waals surface area contributed by atoms with Gasteiger partial charge in [-0.05, 0) is 20.3 Å². The maximum atomic E-state index is 12.1. The number of aliphatic hydroxyl groups excluding tert-OH is 1. The van der Waals surface area contributed by atoms with Crippen LogP contribution in [0.15, 0.2) is 0 Å². The molecule has 76 valence electrons. The lowest BCUT2D eigenvalue weighted by molar-refractivity contribution is -0.147. The van der Waals surface area contributed by atoms with Crippen molar-refractivity contribution in [3.05, 3.63) is 0 Å². The quantitative estimate of drug-likeness (QED) is 0.663. The molecule has 0 bridgehead atoms. The number of nitrogens with zero attached hydrogens (tertiary/aromatic N) is 1. The molecular weight excluding hydrogens is 180 g/mol. The average molecular weight is 193 g/mol. The Kier molecular flexibility index (Phi) is 2.56. The minimum absolute atomic E-state index is 0.206. The maximum Gasteiger partial charge on any atom is 0.315 e. The summed E-state index contributed by atoms with van der Waals surface area (Å²) in [5.41, 5.74) is -0.868. The van der Waals surface area contributed by atoms with E-state index in [2.05, 4.69) is 0 Å². The number of aliphatic hydroxyl groups is 1. The summed E-state index contributed by atoms with van der Waals surface area (Å²) in [5.74, 6) is -1.19. The molecule has 1 atom stereocenters. The largest absolute Gasteiger partial charge is 0.391 e. The Bertz CT molecular complexity index is 218.